The lowest BCUT2D eigenvalue weighted by Gasteiger charge is -2.29. The Morgan fingerprint density at radius 1 is 1.00 bits per heavy atom. The van der Waals surface area contributed by atoms with Crippen molar-refractivity contribution < 1.29 is 33.4 Å². The minimum absolute atomic E-state index is 0.320. The molecule has 0 unspecified atom stereocenters. The van der Waals surface area contributed by atoms with Crippen molar-refractivity contribution in [3.05, 3.63) is 35.9 Å². The number of carbonyl (C=O) groups is 5. The lowest BCUT2D eigenvalue weighted by Crippen LogP contribution is -2.63. The molecule has 0 spiro atoms. The Morgan fingerprint density at radius 3 is 2.24 bits per heavy atom. The van der Waals surface area contributed by atoms with Crippen LogP contribution in [0, 0.1) is 0 Å². The highest BCUT2D eigenvalue weighted by atomic mass is 16.5. The van der Waals surface area contributed by atoms with E-state index in [-0.39, 0.29) is 0 Å². The summed E-state index contributed by atoms with van der Waals surface area (Å²) in [6, 6.07) is 6.10. The summed E-state index contributed by atoms with van der Waals surface area (Å²) in [6.45, 7) is 0. The van der Waals surface area contributed by atoms with Crippen molar-refractivity contribution in [2.45, 2.75) is 37.4 Å². The molecule has 1 saturated heterocycles. The lowest BCUT2D eigenvalue weighted by atomic mass is 10.0. The number of nitrogens with one attached hydrogen (secondary N) is 3. The fourth-order valence-corrected chi connectivity index (χ4v) is 2.84. The smallest absolute Gasteiger partial charge is 0.328 e. The Balaban J connectivity index is 1.93. The Morgan fingerprint density at radius 2 is 1.62 bits per heavy atom. The van der Waals surface area contributed by atoms with Crippen LogP contribution in [0.4, 0.5) is 0 Å². The SMILES string of the molecule is COC(=O)C[C@H](NC(=O)C[C@@H]1NC(=O)[C@H](Cc2ccccc2)NC1=O)C(=O)OC. The van der Waals surface area contributed by atoms with Crippen LogP contribution >= 0.6 is 0 Å². The van der Waals surface area contributed by atoms with E-state index < -0.39 is 60.6 Å². The minimum atomic E-state index is -1.26. The molecule has 1 aliphatic rings. The van der Waals surface area contributed by atoms with Gasteiger partial charge >= 0.3 is 11.9 Å². The largest absolute Gasteiger partial charge is 0.469 e. The zero-order valence-corrected chi connectivity index (χ0v) is 16.1. The number of hydrogen-bond donors (Lipinski definition) is 3. The van der Waals surface area contributed by atoms with E-state index in [1.807, 2.05) is 30.3 Å². The number of methoxy groups -OCH3 is 2. The second kappa shape index (κ2) is 10.2. The van der Waals surface area contributed by atoms with E-state index in [1.165, 1.54) is 0 Å². The third kappa shape index (κ3) is 6.30. The molecule has 1 fully saturated rings. The standard InChI is InChI=1S/C19H23N3O7/c1-28-16(24)10-14(19(27)29-2)20-15(23)9-13-18(26)21-12(17(25)22-13)8-11-6-4-3-5-7-11/h3-7,12-14H,8-10H2,1-2H3,(H,20,23)(H,21,26)(H,22,25)/t12-,13-,14-/m0/s1. The van der Waals surface area contributed by atoms with Gasteiger partial charge in [0.15, 0.2) is 0 Å². The van der Waals surface area contributed by atoms with Crippen LogP contribution in [0.25, 0.3) is 0 Å². The number of carbonyl (C=O) groups excluding carboxylic acids is 5. The molecule has 3 N–H and O–H groups in total. The van der Waals surface area contributed by atoms with Crippen LogP contribution in [0.5, 0.6) is 0 Å². The van der Waals surface area contributed by atoms with Crippen molar-refractivity contribution in [2.75, 3.05) is 14.2 Å². The van der Waals surface area contributed by atoms with Gasteiger partial charge in [0.05, 0.1) is 27.1 Å². The molecule has 156 valence electrons. The third-order valence-electron chi connectivity index (χ3n) is 4.36. The quantitative estimate of drug-likeness (QED) is 0.463. The summed E-state index contributed by atoms with van der Waals surface area (Å²) in [5, 5.41) is 7.44. The fraction of sp³-hybridized carbons (Fsp3) is 0.421. The highest BCUT2D eigenvalue weighted by Crippen LogP contribution is 2.09. The van der Waals surface area contributed by atoms with E-state index in [0.717, 1.165) is 19.8 Å². The molecular formula is C19H23N3O7. The van der Waals surface area contributed by atoms with E-state index >= 15 is 0 Å². The first kappa shape index (κ1) is 21.9. The summed E-state index contributed by atoms with van der Waals surface area (Å²) in [6.07, 6.45) is -0.498. The average molecular weight is 405 g/mol. The maximum absolute atomic E-state index is 12.3. The summed E-state index contributed by atoms with van der Waals surface area (Å²) in [7, 11) is 2.26. The maximum atomic E-state index is 12.3. The van der Waals surface area contributed by atoms with Gasteiger partial charge in [-0.1, -0.05) is 30.3 Å². The van der Waals surface area contributed by atoms with Crippen molar-refractivity contribution in [3.63, 3.8) is 0 Å². The maximum Gasteiger partial charge on any atom is 0.328 e. The van der Waals surface area contributed by atoms with Crippen molar-refractivity contribution in [2.24, 2.45) is 0 Å². The van der Waals surface area contributed by atoms with Gasteiger partial charge in [-0.25, -0.2) is 4.79 Å². The molecule has 1 heterocycles. The molecule has 1 aliphatic heterocycles. The highest BCUT2D eigenvalue weighted by Gasteiger charge is 2.35. The Kier molecular flexibility index (Phi) is 7.70. The third-order valence-corrected chi connectivity index (χ3v) is 4.36. The Labute approximate surface area is 167 Å². The molecule has 10 nitrogen and oxygen atoms in total. The summed E-state index contributed by atoms with van der Waals surface area (Å²) in [5.41, 5.74) is 0.882. The van der Waals surface area contributed by atoms with Crippen molar-refractivity contribution in [1.29, 1.82) is 0 Å². The highest BCUT2D eigenvalue weighted by molar-refractivity contribution is 5.99. The number of rotatable bonds is 8. The molecule has 3 amide bonds. The summed E-state index contributed by atoms with van der Waals surface area (Å²) in [5.74, 6) is -3.17. The van der Waals surface area contributed by atoms with Gasteiger partial charge in [-0.2, -0.15) is 0 Å². The first-order valence-corrected chi connectivity index (χ1v) is 8.92. The van der Waals surface area contributed by atoms with E-state index in [1.54, 1.807) is 0 Å². The zero-order valence-electron chi connectivity index (χ0n) is 16.1. The number of ether oxygens (including phenoxy) is 2. The molecule has 3 atom stereocenters. The van der Waals surface area contributed by atoms with Gasteiger partial charge in [-0.05, 0) is 5.56 Å². The van der Waals surface area contributed by atoms with Crippen LogP contribution in [-0.4, -0.2) is 62.0 Å². The topological polar surface area (TPSA) is 140 Å². The minimum Gasteiger partial charge on any atom is -0.469 e. The van der Waals surface area contributed by atoms with E-state index in [2.05, 4.69) is 25.4 Å². The van der Waals surface area contributed by atoms with Gasteiger partial charge in [0.25, 0.3) is 0 Å². The van der Waals surface area contributed by atoms with Crippen LogP contribution in [-0.2, 0) is 39.9 Å². The molecule has 0 saturated carbocycles. The predicted molar refractivity (Wildman–Crippen MR) is 99.2 cm³/mol. The van der Waals surface area contributed by atoms with Crippen molar-refractivity contribution in [1.82, 2.24) is 16.0 Å². The first-order valence-electron chi connectivity index (χ1n) is 8.92. The number of hydrogen-bond acceptors (Lipinski definition) is 7. The summed E-state index contributed by atoms with van der Waals surface area (Å²) < 4.78 is 9.03. The Bertz CT molecular complexity index is 781. The van der Waals surface area contributed by atoms with Crippen LogP contribution in [0.1, 0.15) is 18.4 Å². The average Bonchev–Trinajstić information content (AvgIpc) is 2.71. The molecule has 29 heavy (non-hydrogen) atoms. The monoisotopic (exact) mass is 405 g/mol. The van der Waals surface area contributed by atoms with Crippen LogP contribution in [0.15, 0.2) is 30.3 Å². The number of esters is 2. The summed E-state index contributed by atoms with van der Waals surface area (Å²) in [4.78, 5) is 60.0. The van der Waals surface area contributed by atoms with Crippen molar-refractivity contribution >= 4 is 29.7 Å². The van der Waals surface area contributed by atoms with E-state index in [9.17, 15) is 24.0 Å². The number of piperazine rings is 1. The molecule has 1 aromatic carbocycles. The van der Waals surface area contributed by atoms with Gasteiger partial charge in [0.1, 0.15) is 18.1 Å². The second-order valence-corrected chi connectivity index (χ2v) is 6.44. The molecule has 0 bridgehead atoms. The number of amides is 3. The van der Waals surface area contributed by atoms with Gasteiger partial charge in [0.2, 0.25) is 17.7 Å². The zero-order chi connectivity index (χ0) is 21.4. The van der Waals surface area contributed by atoms with Gasteiger partial charge < -0.3 is 25.4 Å². The van der Waals surface area contributed by atoms with Crippen LogP contribution in [0.2, 0.25) is 0 Å². The van der Waals surface area contributed by atoms with Crippen LogP contribution < -0.4 is 16.0 Å². The van der Waals surface area contributed by atoms with Gasteiger partial charge in [-0.15, -0.1) is 0 Å². The second-order valence-electron chi connectivity index (χ2n) is 6.44. The lowest BCUT2D eigenvalue weighted by molar-refractivity contribution is -0.150. The number of benzene rings is 1. The van der Waals surface area contributed by atoms with Crippen LogP contribution in [0.3, 0.4) is 0 Å². The molecule has 10 heteroatoms. The Hall–Kier alpha value is -3.43. The van der Waals surface area contributed by atoms with E-state index in [0.29, 0.717) is 6.42 Å². The normalized spacial score (nSPS) is 19.4. The molecular weight excluding hydrogens is 382 g/mol. The summed E-state index contributed by atoms with van der Waals surface area (Å²) >= 11 is 0. The predicted octanol–water partition coefficient (Wildman–Crippen LogP) is -1.18. The first-order chi connectivity index (χ1) is 13.8. The van der Waals surface area contributed by atoms with Crippen molar-refractivity contribution in [3.8, 4) is 0 Å². The fourth-order valence-electron chi connectivity index (χ4n) is 2.84. The van der Waals surface area contributed by atoms with E-state index in [4.69, 9.17) is 0 Å². The molecule has 2 rings (SSSR count). The molecule has 0 aromatic heterocycles. The van der Waals surface area contributed by atoms with Gasteiger partial charge in [0, 0.05) is 6.42 Å². The van der Waals surface area contributed by atoms with Gasteiger partial charge in [-0.3, -0.25) is 19.2 Å². The molecule has 0 aliphatic carbocycles. The molecule has 1 aromatic rings. The molecule has 0 radical (unpaired) electrons.